The highest BCUT2D eigenvalue weighted by molar-refractivity contribution is 6.30. The summed E-state index contributed by atoms with van der Waals surface area (Å²) in [7, 11) is 0. The Balaban J connectivity index is 1.35. The van der Waals surface area contributed by atoms with Crippen molar-refractivity contribution >= 4 is 11.6 Å². The van der Waals surface area contributed by atoms with Crippen molar-refractivity contribution in [2.24, 2.45) is 0 Å². The normalized spacial score (nSPS) is 15.9. The van der Waals surface area contributed by atoms with Gasteiger partial charge in [-0.15, -0.1) is 0 Å². The Labute approximate surface area is 186 Å². The Bertz CT molecular complexity index is 840. The highest BCUT2D eigenvalue weighted by Gasteiger charge is 2.18. The van der Waals surface area contributed by atoms with Crippen LogP contribution in [-0.2, 0) is 6.54 Å². The molecule has 3 aromatic carbocycles. The van der Waals surface area contributed by atoms with Crippen LogP contribution in [0.25, 0.3) is 0 Å². The van der Waals surface area contributed by atoms with Crippen molar-refractivity contribution < 1.29 is 0 Å². The van der Waals surface area contributed by atoms with Crippen LogP contribution in [0.15, 0.2) is 84.9 Å². The third-order valence-electron chi connectivity index (χ3n) is 6.14. The Morgan fingerprint density at radius 2 is 1.23 bits per heavy atom. The molecule has 0 unspecified atom stereocenters. The van der Waals surface area contributed by atoms with Crippen molar-refractivity contribution in [2.75, 3.05) is 32.7 Å². The van der Waals surface area contributed by atoms with E-state index in [0.717, 1.165) is 37.6 Å². The molecule has 0 radical (unpaired) electrons. The summed E-state index contributed by atoms with van der Waals surface area (Å²) in [4.78, 5) is 5.23. The van der Waals surface area contributed by atoms with Crippen LogP contribution in [0.5, 0.6) is 0 Å². The van der Waals surface area contributed by atoms with Crippen LogP contribution < -0.4 is 0 Å². The molecular formula is C27H31ClN2. The first kappa shape index (κ1) is 21.1. The Hall–Kier alpha value is -2.13. The summed E-state index contributed by atoms with van der Waals surface area (Å²) in [5.41, 5.74) is 4.19. The standard InChI is InChI=1S/C27H31ClN2/c28-26-14-12-23(13-15-26)22-30-18-7-17-29(20-21-30)19-16-27(24-8-3-1-4-9-24)25-10-5-2-6-11-25/h1-6,8-15,27H,7,16-22H2. The number of benzene rings is 3. The summed E-state index contributed by atoms with van der Waals surface area (Å²) in [6, 6.07) is 30.2. The fourth-order valence-corrected chi connectivity index (χ4v) is 4.59. The third kappa shape index (κ3) is 5.95. The molecule has 0 saturated carbocycles. The molecular weight excluding hydrogens is 388 g/mol. The first-order chi connectivity index (χ1) is 14.8. The van der Waals surface area contributed by atoms with Crippen LogP contribution in [0.4, 0.5) is 0 Å². The van der Waals surface area contributed by atoms with Gasteiger partial charge in [0.15, 0.2) is 0 Å². The zero-order valence-corrected chi connectivity index (χ0v) is 18.3. The largest absolute Gasteiger partial charge is 0.302 e. The number of nitrogens with zero attached hydrogens (tertiary/aromatic N) is 2. The molecule has 0 aromatic heterocycles. The van der Waals surface area contributed by atoms with Gasteiger partial charge >= 0.3 is 0 Å². The lowest BCUT2D eigenvalue weighted by atomic mass is 9.88. The molecule has 0 bridgehead atoms. The van der Waals surface area contributed by atoms with Crippen molar-refractivity contribution in [1.82, 2.24) is 9.80 Å². The molecule has 3 heteroatoms. The Morgan fingerprint density at radius 3 is 1.87 bits per heavy atom. The molecule has 1 saturated heterocycles. The van der Waals surface area contributed by atoms with E-state index in [0.29, 0.717) is 5.92 Å². The fourth-order valence-electron chi connectivity index (χ4n) is 4.46. The van der Waals surface area contributed by atoms with Gasteiger partial charge in [0, 0.05) is 30.6 Å². The predicted octanol–water partition coefficient (Wildman–Crippen LogP) is 6.07. The van der Waals surface area contributed by atoms with Crippen molar-refractivity contribution in [3.05, 3.63) is 107 Å². The molecule has 0 N–H and O–H groups in total. The molecule has 1 heterocycles. The molecule has 0 amide bonds. The molecule has 0 spiro atoms. The van der Waals surface area contributed by atoms with E-state index in [1.54, 1.807) is 0 Å². The molecule has 1 fully saturated rings. The summed E-state index contributed by atoms with van der Waals surface area (Å²) in [6.07, 6.45) is 2.39. The third-order valence-corrected chi connectivity index (χ3v) is 6.39. The second-order valence-electron chi connectivity index (χ2n) is 8.26. The van der Waals surface area contributed by atoms with E-state index in [1.165, 1.54) is 36.2 Å². The van der Waals surface area contributed by atoms with Crippen molar-refractivity contribution in [1.29, 1.82) is 0 Å². The van der Waals surface area contributed by atoms with E-state index >= 15 is 0 Å². The maximum absolute atomic E-state index is 6.03. The van der Waals surface area contributed by atoms with Gasteiger partial charge in [-0.2, -0.15) is 0 Å². The van der Waals surface area contributed by atoms with E-state index in [4.69, 9.17) is 11.6 Å². The molecule has 0 atom stereocenters. The van der Waals surface area contributed by atoms with E-state index in [9.17, 15) is 0 Å². The van der Waals surface area contributed by atoms with Crippen LogP contribution in [0.2, 0.25) is 5.02 Å². The maximum Gasteiger partial charge on any atom is 0.0406 e. The lowest BCUT2D eigenvalue weighted by molar-refractivity contribution is 0.248. The van der Waals surface area contributed by atoms with Gasteiger partial charge in [0.2, 0.25) is 0 Å². The van der Waals surface area contributed by atoms with Gasteiger partial charge < -0.3 is 4.90 Å². The monoisotopic (exact) mass is 418 g/mol. The molecule has 0 aliphatic carbocycles. The van der Waals surface area contributed by atoms with Crippen molar-refractivity contribution in [3.8, 4) is 0 Å². The van der Waals surface area contributed by atoms with E-state index < -0.39 is 0 Å². The predicted molar refractivity (Wildman–Crippen MR) is 127 cm³/mol. The van der Waals surface area contributed by atoms with Crippen molar-refractivity contribution in [3.63, 3.8) is 0 Å². The van der Waals surface area contributed by atoms with Gasteiger partial charge in [0.25, 0.3) is 0 Å². The maximum atomic E-state index is 6.03. The SMILES string of the molecule is Clc1ccc(CN2CCCN(CCC(c3ccccc3)c3ccccc3)CC2)cc1. The summed E-state index contributed by atoms with van der Waals surface area (Å²) >= 11 is 6.03. The molecule has 2 nitrogen and oxygen atoms in total. The average molecular weight is 419 g/mol. The zero-order valence-electron chi connectivity index (χ0n) is 17.6. The molecule has 1 aliphatic rings. The van der Waals surface area contributed by atoms with Crippen molar-refractivity contribution in [2.45, 2.75) is 25.3 Å². The zero-order chi connectivity index (χ0) is 20.6. The minimum absolute atomic E-state index is 0.459. The number of hydrogen-bond donors (Lipinski definition) is 0. The molecule has 30 heavy (non-hydrogen) atoms. The average Bonchev–Trinajstić information content (AvgIpc) is 3.02. The first-order valence-corrected chi connectivity index (χ1v) is 11.4. The topological polar surface area (TPSA) is 6.48 Å². The quantitative estimate of drug-likeness (QED) is 0.459. The van der Waals surface area contributed by atoms with Crippen LogP contribution in [0, 0.1) is 0 Å². The molecule has 1 aliphatic heterocycles. The highest BCUT2D eigenvalue weighted by Crippen LogP contribution is 2.28. The van der Waals surface area contributed by atoms with E-state index in [1.807, 2.05) is 12.1 Å². The summed E-state index contributed by atoms with van der Waals surface area (Å²) < 4.78 is 0. The number of halogens is 1. The van der Waals surface area contributed by atoms with Gasteiger partial charge in [-0.3, -0.25) is 4.90 Å². The smallest absolute Gasteiger partial charge is 0.0406 e. The van der Waals surface area contributed by atoms with Crippen LogP contribution in [0.1, 0.15) is 35.4 Å². The second kappa shape index (κ2) is 10.8. The molecule has 3 aromatic rings. The molecule has 156 valence electrons. The van der Waals surface area contributed by atoms with Crippen LogP contribution in [0.3, 0.4) is 0 Å². The lowest BCUT2D eigenvalue weighted by Crippen LogP contribution is -2.31. The summed E-state index contributed by atoms with van der Waals surface area (Å²) in [5.74, 6) is 0.459. The Morgan fingerprint density at radius 1 is 0.667 bits per heavy atom. The van der Waals surface area contributed by atoms with E-state index in [-0.39, 0.29) is 0 Å². The van der Waals surface area contributed by atoms with E-state index in [2.05, 4.69) is 82.6 Å². The van der Waals surface area contributed by atoms with Gasteiger partial charge in [-0.25, -0.2) is 0 Å². The minimum atomic E-state index is 0.459. The van der Waals surface area contributed by atoms with Gasteiger partial charge in [0.05, 0.1) is 0 Å². The first-order valence-electron chi connectivity index (χ1n) is 11.1. The summed E-state index contributed by atoms with van der Waals surface area (Å²) in [6.45, 7) is 6.78. The highest BCUT2D eigenvalue weighted by atomic mass is 35.5. The van der Waals surface area contributed by atoms with Gasteiger partial charge in [0.1, 0.15) is 0 Å². The fraction of sp³-hybridized carbons (Fsp3) is 0.333. The number of hydrogen-bond acceptors (Lipinski definition) is 2. The van der Waals surface area contributed by atoms with Crippen LogP contribution >= 0.6 is 11.6 Å². The van der Waals surface area contributed by atoms with Gasteiger partial charge in [-0.1, -0.05) is 84.4 Å². The molecule has 4 rings (SSSR count). The second-order valence-corrected chi connectivity index (χ2v) is 8.70. The summed E-state index contributed by atoms with van der Waals surface area (Å²) in [5, 5.41) is 0.812. The van der Waals surface area contributed by atoms with Crippen LogP contribution in [-0.4, -0.2) is 42.5 Å². The number of rotatable bonds is 7. The Kier molecular flexibility index (Phi) is 7.58. The minimum Gasteiger partial charge on any atom is -0.302 e. The van der Waals surface area contributed by atoms with Gasteiger partial charge in [-0.05, 0) is 61.3 Å². The lowest BCUT2D eigenvalue weighted by Gasteiger charge is -2.25.